The maximum absolute atomic E-state index is 5.63. The van der Waals surface area contributed by atoms with E-state index >= 15 is 0 Å². The molecule has 3 heterocycles. The van der Waals surface area contributed by atoms with Gasteiger partial charge in [0.2, 0.25) is 0 Å². The third kappa shape index (κ3) is 4.51. The monoisotopic (exact) mass is 471 g/mol. The van der Waals surface area contributed by atoms with Gasteiger partial charge in [0, 0.05) is 18.7 Å². The van der Waals surface area contributed by atoms with Crippen LogP contribution in [0.5, 0.6) is 17.2 Å². The molecule has 5 rings (SSSR count). The fraction of sp³-hybridized carbons (Fsp3) is 0.296. The van der Waals surface area contributed by atoms with Gasteiger partial charge in [-0.3, -0.25) is 0 Å². The van der Waals surface area contributed by atoms with Crippen LogP contribution in [0, 0.1) is 6.92 Å². The SMILES string of the molecule is COc1ccc([C@@H]2CCCn3nc(/C=C/c4ccc(-n5cnc(C)c5)c(OC)c4)nc32)cc1OC. The molecule has 1 aliphatic heterocycles. The molecular weight excluding hydrogens is 442 g/mol. The van der Waals surface area contributed by atoms with Gasteiger partial charge in [0.15, 0.2) is 17.3 Å². The first kappa shape index (κ1) is 22.7. The summed E-state index contributed by atoms with van der Waals surface area (Å²) in [6.45, 7) is 2.83. The summed E-state index contributed by atoms with van der Waals surface area (Å²) in [7, 11) is 4.98. The van der Waals surface area contributed by atoms with Gasteiger partial charge in [-0.2, -0.15) is 5.10 Å². The molecule has 2 aromatic carbocycles. The molecule has 0 fully saturated rings. The van der Waals surface area contributed by atoms with Crippen molar-refractivity contribution in [1.82, 2.24) is 24.3 Å². The van der Waals surface area contributed by atoms with Crippen molar-refractivity contribution in [3.8, 4) is 22.9 Å². The fourth-order valence-corrected chi connectivity index (χ4v) is 4.56. The summed E-state index contributed by atoms with van der Waals surface area (Å²) < 4.78 is 20.5. The van der Waals surface area contributed by atoms with Crippen molar-refractivity contribution < 1.29 is 14.2 Å². The Kier molecular flexibility index (Phi) is 6.27. The van der Waals surface area contributed by atoms with Crippen LogP contribution in [0.4, 0.5) is 0 Å². The average Bonchev–Trinajstić information content (AvgIpc) is 3.52. The molecule has 1 atom stereocenters. The number of benzene rings is 2. The highest BCUT2D eigenvalue weighted by molar-refractivity contribution is 5.69. The molecule has 4 aromatic rings. The Morgan fingerprint density at radius 1 is 0.943 bits per heavy atom. The quantitative estimate of drug-likeness (QED) is 0.382. The number of methoxy groups -OCH3 is 3. The molecule has 0 saturated heterocycles. The number of aromatic nitrogens is 5. The van der Waals surface area contributed by atoms with Crippen LogP contribution in [0.2, 0.25) is 0 Å². The number of imidazole rings is 1. The molecule has 1 aliphatic rings. The maximum atomic E-state index is 5.63. The number of rotatable bonds is 7. The number of ether oxygens (including phenoxy) is 3. The molecule has 8 heteroatoms. The van der Waals surface area contributed by atoms with E-state index in [-0.39, 0.29) is 5.92 Å². The van der Waals surface area contributed by atoms with Crippen LogP contribution < -0.4 is 14.2 Å². The summed E-state index contributed by atoms with van der Waals surface area (Å²) in [6, 6.07) is 12.2. The first-order chi connectivity index (χ1) is 17.1. The lowest BCUT2D eigenvalue weighted by Crippen LogP contribution is -2.18. The van der Waals surface area contributed by atoms with Gasteiger partial charge < -0.3 is 18.8 Å². The molecule has 35 heavy (non-hydrogen) atoms. The van der Waals surface area contributed by atoms with Crippen LogP contribution in [0.25, 0.3) is 17.8 Å². The van der Waals surface area contributed by atoms with Gasteiger partial charge in [-0.1, -0.05) is 18.2 Å². The Bertz CT molecular complexity index is 1370. The minimum Gasteiger partial charge on any atom is -0.495 e. The molecule has 0 saturated carbocycles. The van der Waals surface area contributed by atoms with Crippen molar-refractivity contribution in [1.29, 1.82) is 0 Å². The molecule has 0 N–H and O–H groups in total. The van der Waals surface area contributed by atoms with Crippen molar-refractivity contribution in [3.05, 3.63) is 77.4 Å². The smallest absolute Gasteiger partial charge is 0.174 e. The highest BCUT2D eigenvalue weighted by Gasteiger charge is 2.26. The van der Waals surface area contributed by atoms with E-state index in [0.717, 1.165) is 65.0 Å². The van der Waals surface area contributed by atoms with Crippen LogP contribution in [0.3, 0.4) is 0 Å². The van der Waals surface area contributed by atoms with Gasteiger partial charge in [-0.15, -0.1) is 0 Å². The van der Waals surface area contributed by atoms with Crippen LogP contribution in [0.15, 0.2) is 48.9 Å². The van der Waals surface area contributed by atoms with Gasteiger partial charge in [0.05, 0.1) is 39.0 Å². The van der Waals surface area contributed by atoms with Crippen LogP contribution >= 0.6 is 0 Å². The highest BCUT2D eigenvalue weighted by atomic mass is 16.5. The summed E-state index contributed by atoms with van der Waals surface area (Å²) in [5.74, 6) is 4.06. The van der Waals surface area contributed by atoms with E-state index in [1.54, 1.807) is 27.7 Å². The molecule has 0 radical (unpaired) electrons. The Morgan fingerprint density at radius 3 is 2.51 bits per heavy atom. The van der Waals surface area contributed by atoms with E-state index in [0.29, 0.717) is 5.82 Å². The summed E-state index contributed by atoms with van der Waals surface area (Å²) >= 11 is 0. The molecule has 0 bridgehead atoms. The lowest BCUT2D eigenvalue weighted by Gasteiger charge is -2.23. The lowest BCUT2D eigenvalue weighted by atomic mass is 9.91. The first-order valence-corrected chi connectivity index (χ1v) is 11.6. The number of aryl methyl sites for hydroxylation is 2. The highest BCUT2D eigenvalue weighted by Crippen LogP contribution is 2.37. The predicted octanol–water partition coefficient (Wildman–Crippen LogP) is 4.89. The first-order valence-electron chi connectivity index (χ1n) is 11.6. The summed E-state index contributed by atoms with van der Waals surface area (Å²) in [5.41, 5.74) is 4.06. The lowest BCUT2D eigenvalue weighted by molar-refractivity contribution is 0.353. The molecule has 8 nitrogen and oxygen atoms in total. The zero-order chi connectivity index (χ0) is 24.4. The standard InChI is InChI=1S/C27H29N5O3/c1-18-16-31(17-28-18)22-10-7-19(14-24(22)34-3)8-12-26-29-27-21(6-5-13-32(27)30-26)20-9-11-23(33-2)25(15-20)35-4/h7-12,14-17,21H,5-6,13H2,1-4H3/b12-8+/t21-/m0/s1. The van der Waals surface area contributed by atoms with Gasteiger partial charge in [-0.05, 0) is 61.2 Å². The Morgan fingerprint density at radius 2 is 1.77 bits per heavy atom. The molecule has 0 amide bonds. The summed E-state index contributed by atoms with van der Waals surface area (Å²) in [4.78, 5) is 9.19. The number of hydrogen-bond donors (Lipinski definition) is 0. The van der Waals surface area contributed by atoms with E-state index in [4.69, 9.17) is 24.3 Å². The van der Waals surface area contributed by atoms with Gasteiger partial charge in [-0.25, -0.2) is 14.6 Å². The maximum Gasteiger partial charge on any atom is 0.174 e. The van der Waals surface area contributed by atoms with Gasteiger partial charge in [0.25, 0.3) is 0 Å². The minimum absolute atomic E-state index is 0.163. The topological polar surface area (TPSA) is 76.2 Å². The van der Waals surface area contributed by atoms with Crippen molar-refractivity contribution in [3.63, 3.8) is 0 Å². The van der Waals surface area contributed by atoms with Crippen molar-refractivity contribution in [2.45, 2.75) is 32.2 Å². The minimum atomic E-state index is 0.163. The molecule has 0 spiro atoms. The Labute approximate surface area is 204 Å². The zero-order valence-electron chi connectivity index (χ0n) is 20.4. The summed E-state index contributed by atoms with van der Waals surface area (Å²) in [5, 5.41) is 4.75. The normalized spacial score (nSPS) is 15.3. The zero-order valence-corrected chi connectivity index (χ0v) is 20.4. The Balaban J connectivity index is 1.40. The third-order valence-corrected chi connectivity index (χ3v) is 6.32. The number of nitrogens with zero attached hydrogens (tertiary/aromatic N) is 5. The number of hydrogen-bond acceptors (Lipinski definition) is 6. The second-order valence-electron chi connectivity index (χ2n) is 8.55. The van der Waals surface area contributed by atoms with Crippen molar-refractivity contribution in [2.24, 2.45) is 0 Å². The van der Waals surface area contributed by atoms with Crippen LogP contribution in [-0.2, 0) is 6.54 Å². The van der Waals surface area contributed by atoms with E-state index < -0.39 is 0 Å². The molecule has 2 aromatic heterocycles. The predicted molar refractivity (Wildman–Crippen MR) is 134 cm³/mol. The average molecular weight is 472 g/mol. The number of fused-ring (bicyclic) bond motifs is 1. The van der Waals surface area contributed by atoms with Crippen LogP contribution in [-0.4, -0.2) is 45.6 Å². The largest absolute Gasteiger partial charge is 0.495 e. The third-order valence-electron chi connectivity index (χ3n) is 6.32. The second kappa shape index (κ2) is 9.66. The van der Waals surface area contributed by atoms with Crippen LogP contribution in [0.1, 0.15) is 47.2 Å². The fourth-order valence-electron chi connectivity index (χ4n) is 4.56. The molecule has 180 valence electrons. The Hall–Kier alpha value is -4.07. The van der Waals surface area contributed by atoms with Gasteiger partial charge >= 0.3 is 0 Å². The molecule has 0 aliphatic carbocycles. The second-order valence-corrected chi connectivity index (χ2v) is 8.55. The van der Waals surface area contributed by atoms with Crippen molar-refractivity contribution in [2.75, 3.05) is 21.3 Å². The van der Waals surface area contributed by atoms with Gasteiger partial charge in [0.1, 0.15) is 11.6 Å². The van der Waals surface area contributed by atoms with E-state index in [2.05, 4.69) is 11.1 Å². The molecular formula is C27H29N5O3. The summed E-state index contributed by atoms with van der Waals surface area (Å²) in [6.07, 6.45) is 9.79. The van der Waals surface area contributed by atoms with E-state index in [1.807, 2.05) is 64.9 Å². The molecule has 0 unspecified atom stereocenters. The van der Waals surface area contributed by atoms with Crippen molar-refractivity contribution >= 4 is 12.2 Å². The van der Waals surface area contributed by atoms with E-state index in [1.165, 1.54) is 0 Å². The van der Waals surface area contributed by atoms with E-state index in [9.17, 15) is 0 Å².